The molecule has 0 aromatic rings. The van der Waals surface area contributed by atoms with Gasteiger partial charge in [-0.2, -0.15) is 0 Å². The van der Waals surface area contributed by atoms with Crippen LogP contribution >= 0.6 is 23.2 Å². The van der Waals surface area contributed by atoms with Crippen molar-refractivity contribution in [2.45, 2.75) is 5.02 Å². The Morgan fingerprint density at radius 2 is 1.57 bits per heavy atom. The second-order valence-electron chi connectivity index (χ2n) is 0.460. The van der Waals surface area contributed by atoms with Gasteiger partial charge < -0.3 is 15.9 Å². The van der Waals surface area contributed by atoms with Gasteiger partial charge in [0.15, 0.2) is 0 Å². The number of aliphatic hydroxyl groups is 2. The number of hydrogen-bond acceptors (Lipinski definition) is 3. The molecule has 0 heterocycles. The molecule has 3 nitrogen and oxygen atoms in total. The number of aliphatic hydroxyl groups excluding tert-OH is 2. The molecule has 0 bridgehead atoms. The number of alkyl halides is 2. The van der Waals surface area contributed by atoms with Crippen LogP contribution in [0.3, 0.4) is 0 Å². The van der Waals surface area contributed by atoms with Crippen molar-refractivity contribution in [3.8, 4) is 0 Å². The largest absolute Gasteiger partial charge is 0.382 e. The molecule has 0 aliphatic rings. The van der Waals surface area contributed by atoms with Gasteiger partial charge in [0.25, 0.3) is 0 Å². The van der Waals surface area contributed by atoms with Crippen molar-refractivity contribution in [2.24, 2.45) is 5.73 Å². The van der Waals surface area contributed by atoms with Crippen LogP contribution < -0.4 is 5.73 Å². The first kappa shape index (κ1) is 10.4. The Labute approximate surface area is 51.6 Å². The third-order valence-electron chi connectivity index (χ3n) is 0. The fraction of sp³-hybridized carbons (Fsp3) is 1.00. The van der Waals surface area contributed by atoms with Gasteiger partial charge in [-0.15, -0.1) is 0 Å². The van der Waals surface area contributed by atoms with Crippen LogP contribution in [0, 0.1) is 0 Å². The van der Waals surface area contributed by atoms with Crippen LogP contribution in [0.15, 0.2) is 0 Å². The molecule has 46 valence electrons. The summed E-state index contributed by atoms with van der Waals surface area (Å²) in [6.45, 7) is -0.250. The van der Waals surface area contributed by atoms with Gasteiger partial charge in [-0.3, -0.25) is 0 Å². The summed E-state index contributed by atoms with van der Waals surface area (Å²) in [5.74, 6) is 0. The Morgan fingerprint density at radius 3 is 1.57 bits per heavy atom. The zero-order chi connectivity index (χ0) is 6.28. The van der Waals surface area contributed by atoms with E-state index in [1.807, 2.05) is 0 Å². The second-order valence-corrected chi connectivity index (χ2v) is 1.51. The lowest BCUT2D eigenvalue weighted by Crippen LogP contribution is -1.92. The molecule has 0 aromatic heterocycles. The normalized spacial score (nSPS) is 7.71. The maximum atomic E-state index is 7.59. The van der Waals surface area contributed by atoms with Crippen molar-refractivity contribution in [1.29, 1.82) is 0 Å². The lowest BCUT2D eigenvalue weighted by Gasteiger charge is -1.73. The van der Waals surface area contributed by atoms with E-state index in [4.69, 9.17) is 10.2 Å². The van der Waals surface area contributed by atoms with E-state index in [-0.39, 0.29) is 6.73 Å². The summed E-state index contributed by atoms with van der Waals surface area (Å²) >= 11 is 9.19. The monoisotopic (exact) mass is 147 g/mol. The Hall–Kier alpha value is 0.460. The maximum Gasteiger partial charge on any atom is 0.204 e. The SMILES string of the molecule is NCO.OC(Cl)Cl. The van der Waals surface area contributed by atoms with Crippen LogP contribution in [-0.2, 0) is 0 Å². The van der Waals surface area contributed by atoms with Crippen LogP contribution in [0.1, 0.15) is 0 Å². The molecule has 0 aromatic carbocycles. The molecule has 7 heavy (non-hydrogen) atoms. The lowest BCUT2D eigenvalue weighted by atomic mass is 11.4. The van der Waals surface area contributed by atoms with E-state index in [2.05, 4.69) is 28.9 Å². The first-order valence-corrected chi connectivity index (χ1v) is 2.29. The third-order valence-corrected chi connectivity index (χ3v) is 0. The van der Waals surface area contributed by atoms with Crippen LogP contribution in [0.25, 0.3) is 0 Å². The average Bonchev–Trinajstić information content (AvgIpc) is 1.33. The van der Waals surface area contributed by atoms with Crippen molar-refractivity contribution in [2.75, 3.05) is 6.73 Å². The van der Waals surface area contributed by atoms with E-state index in [1.54, 1.807) is 0 Å². The van der Waals surface area contributed by atoms with E-state index >= 15 is 0 Å². The number of rotatable bonds is 0. The molecule has 0 aliphatic carbocycles. The summed E-state index contributed by atoms with van der Waals surface area (Å²) < 4.78 is 0. The van der Waals surface area contributed by atoms with Crippen LogP contribution in [0.5, 0.6) is 0 Å². The van der Waals surface area contributed by atoms with Gasteiger partial charge in [-0.1, -0.05) is 23.2 Å². The molecule has 0 spiro atoms. The molecule has 0 radical (unpaired) electrons. The van der Waals surface area contributed by atoms with Crippen molar-refractivity contribution < 1.29 is 10.2 Å². The zero-order valence-corrected chi connectivity index (χ0v) is 5.02. The van der Waals surface area contributed by atoms with E-state index in [1.165, 1.54) is 0 Å². The second kappa shape index (κ2) is 9.68. The zero-order valence-electron chi connectivity index (χ0n) is 3.51. The summed E-state index contributed by atoms with van der Waals surface area (Å²) in [6.07, 6.45) is 0. The molecule has 0 atom stereocenters. The molecule has 0 saturated carbocycles. The quantitative estimate of drug-likeness (QED) is 0.324. The highest BCUT2D eigenvalue weighted by molar-refractivity contribution is 6.42. The summed E-state index contributed by atoms with van der Waals surface area (Å²) in [5.41, 5.74) is 4.40. The Balaban J connectivity index is 0. The molecule has 0 fully saturated rings. The summed E-state index contributed by atoms with van der Waals surface area (Å²) in [4.78, 5) is 0. The lowest BCUT2D eigenvalue weighted by molar-refractivity contribution is 0.307. The molecule has 0 aliphatic heterocycles. The van der Waals surface area contributed by atoms with Gasteiger partial charge >= 0.3 is 0 Å². The topological polar surface area (TPSA) is 66.5 Å². The van der Waals surface area contributed by atoms with Gasteiger partial charge in [-0.05, 0) is 0 Å². The molecule has 0 rings (SSSR count). The van der Waals surface area contributed by atoms with Gasteiger partial charge in [-0.25, -0.2) is 0 Å². The third kappa shape index (κ3) is 607. The van der Waals surface area contributed by atoms with Gasteiger partial charge in [0.1, 0.15) is 0 Å². The first-order chi connectivity index (χ1) is 3.15. The van der Waals surface area contributed by atoms with Crippen molar-refractivity contribution in [3.05, 3.63) is 0 Å². The maximum absolute atomic E-state index is 7.59. The Kier molecular flexibility index (Phi) is 14.4. The molecule has 0 unspecified atom stereocenters. The van der Waals surface area contributed by atoms with Gasteiger partial charge in [0.2, 0.25) is 5.02 Å². The molecule has 0 amide bonds. The highest BCUT2D eigenvalue weighted by Crippen LogP contribution is 1.90. The van der Waals surface area contributed by atoms with Gasteiger partial charge in [0.05, 0.1) is 6.73 Å². The van der Waals surface area contributed by atoms with Crippen molar-refractivity contribution in [1.82, 2.24) is 0 Å². The Bertz CT molecular complexity index is 24.9. The summed E-state index contributed by atoms with van der Waals surface area (Å²) in [5, 5.41) is 13.7. The molecule has 4 N–H and O–H groups in total. The molecular weight excluding hydrogens is 141 g/mol. The minimum absolute atomic E-state index is 0.250. The molecule has 5 heteroatoms. The molecule has 0 saturated heterocycles. The van der Waals surface area contributed by atoms with Crippen LogP contribution in [0.2, 0.25) is 0 Å². The minimum atomic E-state index is -1.22. The van der Waals surface area contributed by atoms with E-state index in [0.29, 0.717) is 0 Å². The summed E-state index contributed by atoms with van der Waals surface area (Å²) in [7, 11) is 0. The van der Waals surface area contributed by atoms with E-state index in [0.717, 1.165) is 0 Å². The first-order valence-electron chi connectivity index (χ1n) is 1.42. The highest BCUT2D eigenvalue weighted by Gasteiger charge is 1.76. The standard InChI is InChI=1S/CH2Cl2O.CH5NO/c2-1(3)4;2-1-3/h1,4H;3H,1-2H2. The predicted molar refractivity (Wildman–Crippen MR) is 29.0 cm³/mol. The van der Waals surface area contributed by atoms with Crippen LogP contribution in [0.4, 0.5) is 0 Å². The van der Waals surface area contributed by atoms with E-state index in [9.17, 15) is 0 Å². The van der Waals surface area contributed by atoms with Crippen molar-refractivity contribution in [3.63, 3.8) is 0 Å². The number of hydrogen-bond donors (Lipinski definition) is 3. The summed E-state index contributed by atoms with van der Waals surface area (Å²) in [6, 6.07) is 0. The predicted octanol–water partition coefficient (Wildman–Crippen LogP) is -0.365. The van der Waals surface area contributed by atoms with E-state index < -0.39 is 5.02 Å². The minimum Gasteiger partial charge on any atom is -0.382 e. The fourth-order valence-corrected chi connectivity index (χ4v) is 0. The van der Waals surface area contributed by atoms with Crippen LogP contribution in [-0.4, -0.2) is 22.0 Å². The van der Waals surface area contributed by atoms with Crippen molar-refractivity contribution >= 4 is 23.2 Å². The Morgan fingerprint density at radius 1 is 1.57 bits per heavy atom. The average molecular weight is 148 g/mol. The highest BCUT2D eigenvalue weighted by atomic mass is 35.5. The fourth-order valence-electron chi connectivity index (χ4n) is 0. The smallest absolute Gasteiger partial charge is 0.204 e. The number of halogens is 2. The molecular formula is C2H7Cl2NO2. The number of nitrogens with two attached hydrogens (primary N) is 1. The van der Waals surface area contributed by atoms with Gasteiger partial charge in [0, 0.05) is 0 Å².